The second-order valence-corrected chi connectivity index (χ2v) is 6.37. The Balaban J connectivity index is 1.86. The highest BCUT2D eigenvalue weighted by Crippen LogP contribution is 2.20. The molecule has 1 amide bonds. The third-order valence-electron chi connectivity index (χ3n) is 3.89. The van der Waals surface area contributed by atoms with Gasteiger partial charge in [0.2, 0.25) is 5.91 Å². The van der Waals surface area contributed by atoms with Crippen LogP contribution in [-0.2, 0) is 9.53 Å². The molecule has 5 nitrogen and oxygen atoms in total. The number of piperidine rings is 1. The number of aliphatic hydroxyl groups is 1. The van der Waals surface area contributed by atoms with E-state index >= 15 is 0 Å². The summed E-state index contributed by atoms with van der Waals surface area (Å²) in [6.07, 6.45) is 1.99. The van der Waals surface area contributed by atoms with E-state index < -0.39 is 5.60 Å². The maximum absolute atomic E-state index is 12.3. The Morgan fingerprint density at radius 1 is 1.37 bits per heavy atom. The fraction of sp³-hybridized carbons (Fsp3) is 0.929. The molecule has 0 aromatic heterocycles. The van der Waals surface area contributed by atoms with Crippen LogP contribution in [0.2, 0.25) is 0 Å². The van der Waals surface area contributed by atoms with Gasteiger partial charge in [0.1, 0.15) is 0 Å². The Morgan fingerprint density at radius 3 is 2.58 bits per heavy atom. The number of hydrogen-bond donors (Lipinski definition) is 1. The molecule has 1 N–H and O–H groups in total. The number of morpholine rings is 1. The Morgan fingerprint density at radius 2 is 2.00 bits per heavy atom. The molecule has 3 unspecified atom stereocenters. The maximum Gasteiger partial charge on any atom is 0.236 e. The molecule has 0 aliphatic carbocycles. The van der Waals surface area contributed by atoms with Gasteiger partial charge in [-0.1, -0.05) is 0 Å². The topological polar surface area (TPSA) is 53.0 Å². The van der Waals surface area contributed by atoms with Crippen LogP contribution in [0.3, 0.4) is 0 Å². The summed E-state index contributed by atoms with van der Waals surface area (Å²) < 4.78 is 5.64. The molecule has 2 rings (SSSR count). The highest BCUT2D eigenvalue weighted by molar-refractivity contribution is 5.78. The first-order chi connectivity index (χ1) is 8.85. The van der Waals surface area contributed by atoms with Gasteiger partial charge in [0.15, 0.2) is 0 Å². The summed E-state index contributed by atoms with van der Waals surface area (Å²) in [6.45, 7) is 9.10. The van der Waals surface area contributed by atoms with E-state index in [1.54, 1.807) is 0 Å². The second-order valence-electron chi connectivity index (χ2n) is 6.37. The van der Waals surface area contributed by atoms with Crippen LogP contribution in [0, 0.1) is 0 Å². The Labute approximate surface area is 115 Å². The van der Waals surface area contributed by atoms with E-state index in [1.165, 1.54) is 0 Å². The first-order valence-electron chi connectivity index (χ1n) is 7.24. The second kappa shape index (κ2) is 5.77. The van der Waals surface area contributed by atoms with Crippen molar-refractivity contribution in [3.05, 3.63) is 0 Å². The van der Waals surface area contributed by atoms with Gasteiger partial charge in [0, 0.05) is 19.6 Å². The minimum Gasteiger partial charge on any atom is -0.389 e. The van der Waals surface area contributed by atoms with Crippen LogP contribution >= 0.6 is 0 Å². The average Bonchev–Trinajstić information content (AvgIpc) is 2.26. The SMILES string of the molecule is CC1CN(C(=O)CN2CCCC(C)(O)C2)CC(C)O1. The van der Waals surface area contributed by atoms with Crippen molar-refractivity contribution in [2.45, 2.75) is 51.4 Å². The lowest BCUT2D eigenvalue weighted by atomic mass is 9.95. The zero-order valence-electron chi connectivity index (χ0n) is 12.3. The molecule has 2 heterocycles. The van der Waals surface area contributed by atoms with E-state index in [4.69, 9.17) is 4.74 Å². The van der Waals surface area contributed by atoms with Crippen LogP contribution in [0.4, 0.5) is 0 Å². The van der Waals surface area contributed by atoms with Gasteiger partial charge in [-0.3, -0.25) is 9.69 Å². The zero-order chi connectivity index (χ0) is 14.0. The third kappa shape index (κ3) is 4.16. The summed E-state index contributed by atoms with van der Waals surface area (Å²) in [5.41, 5.74) is -0.649. The fourth-order valence-electron chi connectivity index (χ4n) is 3.13. The molecule has 0 saturated carbocycles. The van der Waals surface area contributed by atoms with Crippen molar-refractivity contribution in [3.8, 4) is 0 Å². The number of likely N-dealkylation sites (tertiary alicyclic amines) is 1. The lowest BCUT2D eigenvalue weighted by Gasteiger charge is -2.39. The summed E-state index contributed by atoms with van der Waals surface area (Å²) in [5, 5.41) is 10.1. The molecule has 2 aliphatic heterocycles. The Hall–Kier alpha value is -0.650. The normalized spacial score (nSPS) is 37.4. The molecule has 2 saturated heterocycles. The van der Waals surface area contributed by atoms with Crippen molar-refractivity contribution in [1.29, 1.82) is 0 Å². The molecule has 0 aromatic rings. The van der Waals surface area contributed by atoms with Crippen LogP contribution in [0.5, 0.6) is 0 Å². The number of amides is 1. The summed E-state index contributed by atoms with van der Waals surface area (Å²) in [6, 6.07) is 0. The van der Waals surface area contributed by atoms with E-state index in [9.17, 15) is 9.90 Å². The predicted molar refractivity (Wildman–Crippen MR) is 72.9 cm³/mol. The zero-order valence-corrected chi connectivity index (χ0v) is 12.3. The van der Waals surface area contributed by atoms with Gasteiger partial charge in [-0.2, -0.15) is 0 Å². The number of rotatable bonds is 2. The monoisotopic (exact) mass is 270 g/mol. The van der Waals surface area contributed by atoms with Crippen LogP contribution < -0.4 is 0 Å². The van der Waals surface area contributed by atoms with Crippen molar-refractivity contribution in [3.63, 3.8) is 0 Å². The molecule has 0 bridgehead atoms. The fourth-order valence-corrected chi connectivity index (χ4v) is 3.13. The van der Waals surface area contributed by atoms with Gasteiger partial charge in [0.25, 0.3) is 0 Å². The summed E-state index contributed by atoms with van der Waals surface area (Å²) in [5.74, 6) is 0.153. The molecule has 0 radical (unpaired) electrons. The summed E-state index contributed by atoms with van der Waals surface area (Å²) in [4.78, 5) is 16.3. The van der Waals surface area contributed by atoms with E-state index in [-0.39, 0.29) is 18.1 Å². The van der Waals surface area contributed by atoms with Gasteiger partial charge in [0.05, 0.1) is 24.4 Å². The third-order valence-corrected chi connectivity index (χ3v) is 3.89. The minimum atomic E-state index is -0.649. The number of β-amino-alcohol motifs (C(OH)–C–C–N with tert-alkyl or cyclic N) is 1. The largest absolute Gasteiger partial charge is 0.389 e. The highest BCUT2D eigenvalue weighted by atomic mass is 16.5. The van der Waals surface area contributed by atoms with Crippen molar-refractivity contribution in [2.24, 2.45) is 0 Å². The molecular weight excluding hydrogens is 244 g/mol. The van der Waals surface area contributed by atoms with Crippen molar-refractivity contribution < 1.29 is 14.6 Å². The lowest BCUT2D eigenvalue weighted by molar-refractivity contribution is -0.145. The number of ether oxygens (including phenoxy) is 1. The van der Waals surface area contributed by atoms with Crippen LogP contribution in [0.15, 0.2) is 0 Å². The first-order valence-corrected chi connectivity index (χ1v) is 7.24. The smallest absolute Gasteiger partial charge is 0.236 e. The summed E-state index contributed by atoms with van der Waals surface area (Å²) >= 11 is 0. The number of hydrogen-bond acceptors (Lipinski definition) is 4. The van der Waals surface area contributed by atoms with E-state index in [2.05, 4.69) is 4.90 Å². The van der Waals surface area contributed by atoms with E-state index in [1.807, 2.05) is 25.7 Å². The minimum absolute atomic E-state index is 0.108. The van der Waals surface area contributed by atoms with E-state index in [0.29, 0.717) is 26.2 Å². The van der Waals surface area contributed by atoms with Gasteiger partial charge in [-0.25, -0.2) is 0 Å². The number of carbonyl (C=O) groups excluding carboxylic acids is 1. The maximum atomic E-state index is 12.3. The van der Waals surface area contributed by atoms with Gasteiger partial charge < -0.3 is 14.7 Å². The van der Waals surface area contributed by atoms with E-state index in [0.717, 1.165) is 19.4 Å². The molecule has 0 aromatic carbocycles. The quantitative estimate of drug-likeness (QED) is 0.792. The number of carbonyl (C=O) groups is 1. The molecule has 5 heteroatoms. The van der Waals surface area contributed by atoms with Crippen LogP contribution in [0.1, 0.15) is 33.6 Å². The van der Waals surface area contributed by atoms with Crippen molar-refractivity contribution >= 4 is 5.91 Å². The Kier molecular flexibility index (Phi) is 4.48. The molecule has 3 atom stereocenters. The lowest BCUT2D eigenvalue weighted by Crippen LogP contribution is -2.53. The standard InChI is InChI=1S/C14H26N2O3/c1-11-7-16(8-12(2)19-11)13(17)9-15-6-4-5-14(3,18)10-15/h11-12,18H,4-10H2,1-3H3. The first kappa shape index (κ1) is 14.8. The van der Waals surface area contributed by atoms with Gasteiger partial charge >= 0.3 is 0 Å². The molecular formula is C14H26N2O3. The average molecular weight is 270 g/mol. The highest BCUT2D eigenvalue weighted by Gasteiger charge is 2.31. The van der Waals surface area contributed by atoms with Crippen LogP contribution in [-0.4, -0.2) is 71.3 Å². The Bertz CT molecular complexity index is 323. The molecule has 0 spiro atoms. The van der Waals surface area contributed by atoms with Gasteiger partial charge in [-0.05, 0) is 40.2 Å². The predicted octanol–water partition coefficient (Wildman–Crippen LogP) is 0.469. The van der Waals surface area contributed by atoms with Crippen LogP contribution in [0.25, 0.3) is 0 Å². The molecule has 19 heavy (non-hydrogen) atoms. The van der Waals surface area contributed by atoms with Crippen molar-refractivity contribution in [2.75, 3.05) is 32.7 Å². The van der Waals surface area contributed by atoms with Crippen molar-refractivity contribution in [1.82, 2.24) is 9.80 Å². The summed E-state index contributed by atoms with van der Waals surface area (Å²) in [7, 11) is 0. The number of nitrogens with zero attached hydrogens (tertiary/aromatic N) is 2. The molecule has 110 valence electrons. The molecule has 2 aliphatic rings. The molecule has 2 fully saturated rings. The van der Waals surface area contributed by atoms with Gasteiger partial charge in [-0.15, -0.1) is 0 Å².